The van der Waals surface area contributed by atoms with Crippen LogP contribution in [0.15, 0.2) is 12.1 Å². The number of anilines is 1. The van der Waals surface area contributed by atoms with Gasteiger partial charge in [-0.2, -0.15) is 0 Å². The number of aryl methyl sites for hydroxylation is 2. The van der Waals surface area contributed by atoms with E-state index in [1.807, 2.05) is 39.8 Å². The van der Waals surface area contributed by atoms with Gasteiger partial charge in [0, 0.05) is 5.56 Å². The molecule has 1 amide bonds. The molecule has 0 atom stereocenters. The van der Waals surface area contributed by atoms with E-state index in [-0.39, 0.29) is 6.09 Å². The van der Waals surface area contributed by atoms with Gasteiger partial charge in [-0.3, -0.25) is 5.32 Å². The lowest BCUT2D eigenvalue weighted by Gasteiger charge is -2.18. The molecule has 0 spiro atoms. The molecule has 0 saturated carbocycles. The molecule has 1 aromatic rings. The van der Waals surface area contributed by atoms with Crippen LogP contribution in [0.3, 0.4) is 0 Å². The minimum Gasteiger partial charge on any atom is -0.444 e. The van der Waals surface area contributed by atoms with Crippen LogP contribution in [-0.2, 0) is 11.3 Å². The van der Waals surface area contributed by atoms with Crippen LogP contribution in [0.2, 0.25) is 0 Å². The highest BCUT2D eigenvalue weighted by Gasteiger charge is 2.15. The third kappa shape index (κ3) is 2.49. The van der Waals surface area contributed by atoms with E-state index in [2.05, 4.69) is 5.32 Å². The number of cyclic esters (lactones) is 1. The Morgan fingerprint density at radius 3 is 2.47 bits per heavy atom. The van der Waals surface area contributed by atoms with E-state index in [9.17, 15) is 4.79 Å². The van der Waals surface area contributed by atoms with Crippen molar-refractivity contribution in [2.75, 3.05) is 5.32 Å². The molecule has 1 heterocycles. The molecule has 1 aliphatic rings. The van der Waals surface area contributed by atoms with Crippen LogP contribution < -0.4 is 5.32 Å². The Labute approximate surface area is 90.4 Å². The lowest BCUT2D eigenvalue weighted by Crippen LogP contribution is -2.20. The van der Waals surface area contributed by atoms with Crippen LogP contribution in [0, 0.1) is 13.8 Å². The number of carbonyl (C=O) groups is 1. The largest absolute Gasteiger partial charge is 0.444 e. The molecule has 2 rings (SSSR count). The van der Waals surface area contributed by atoms with Crippen LogP contribution in [-0.4, -0.2) is 6.09 Å². The summed E-state index contributed by atoms with van der Waals surface area (Å²) in [6.45, 7) is 8.45. The maximum atomic E-state index is 10.9. The van der Waals surface area contributed by atoms with E-state index in [1.54, 1.807) is 0 Å². The molecule has 0 bridgehead atoms. The van der Waals surface area contributed by atoms with Crippen molar-refractivity contribution in [3.63, 3.8) is 0 Å². The van der Waals surface area contributed by atoms with Crippen molar-refractivity contribution in [1.29, 1.82) is 0 Å². The summed E-state index contributed by atoms with van der Waals surface area (Å²) >= 11 is 0. The average molecular weight is 207 g/mol. The maximum Gasteiger partial charge on any atom is 0.411 e. The smallest absolute Gasteiger partial charge is 0.411 e. The van der Waals surface area contributed by atoms with E-state index >= 15 is 0 Å². The number of fused-ring (bicyclic) bond motifs is 1. The molecule has 0 aromatic heterocycles. The SMILES string of the molecule is CC.Cc1cc2c(cc1C)NC(=O)OC2. The highest BCUT2D eigenvalue weighted by atomic mass is 16.5. The van der Waals surface area contributed by atoms with E-state index in [4.69, 9.17) is 4.74 Å². The Bertz CT molecular complexity index is 372. The summed E-state index contributed by atoms with van der Waals surface area (Å²) in [5.74, 6) is 0. The summed E-state index contributed by atoms with van der Waals surface area (Å²) in [6.07, 6.45) is -0.365. The zero-order chi connectivity index (χ0) is 11.4. The summed E-state index contributed by atoms with van der Waals surface area (Å²) in [5.41, 5.74) is 4.32. The minimum atomic E-state index is -0.365. The van der Waals surface area contributed by atoms with Gasteiger partial charge in [-0.15, -0.1) is 0 Å². The Morgan fingerprint density at radius 1 is 1.20 bits per heavy atom. The van der Waals surface area contributed by atoms with E-state index in [1.165, 1.54) is 11.1 Å². The average Bonchev–Trinajstić information content (AvgIpc) is 2.23. The first-order chi connectivity index (χ1) is 7.16. The zero-order valence-corrected chi connectivity index (χ0v) is 9.68. The summed E-state index contributed by atoms with van der Waals surface area (Å²) in [4.78, 5) is 10.9. The quantitative estimate of drug-likeness (QED) is 0.708. The van der Waals surface area contributed by atoms with Gasteiger partial charge in [-0.05, 0) is 31.0 Å². The molecule has 0 radical (unpaired) electrons. The van der Waals surface area contributed by atoms with Gasteiger partial charge in [0.05, 0.1) is 5.69 Å². The van der Waals surface area contributed by atoms with Crippen LogP contribution in [0.4, 0.5) is 10.5 Å². The Kier molecular flexibility index (Phi) is 3.72. The van der Waals surface area contributed by atoms with Gasteiger partial charge in [-0.25, -0.2) is 4.79 Å². The predicted octanol–water partition coefficient (Wildman–Crippen LogP) is 3.39. The standard InChI is InChI=1S/C10H11NO2.C2H6/c1-6-3-8-5-13-10(12)11-9(8)4-7(6)2;1-2/h3-4H,5H2,1-2H3,(H,11,12);1-2H3. The van der Waals surface area contributed by atoms with Crippen molar-refractivity contribution in [3.8, 4) is 0 Å². The minimum absolute atomic E-state index is 0.365. The zero-order valence-electron chi connectivity index (χ0n) is 9.68. The molecule has 0 saturated heterocycles. The second kappa shape index (κ2) is 4.82. The number of rotatable bonds is 0. The van der Waals surface area contributed by atoms with Crippen LogP contribution in [0.1, 0.15) is 30.5 Å². The third-order valence-electron chi connectivity index (χ3n) is 2.32. The number of amides is 1. The second-order valence-corrected chi connectivity index (χ2v) is 3.29. The lowest BCUT2D eigenvalue weighted by molar-refractivity contribution is 0.151. The van der Waals surface area contributed by atoms with Gasteiger partial charge < -0.3 is 4.74 Å². The Hall–Kier alpha value is -1.51. The number of nitrogens with one attached hydrogen (secondary N) is 1. The van der Waals surface area contributed by atoms with Crippen molar-refractivity contribution in [2.24, 2.45) is 0 Å². The van der Waals surface area contributed by atoms with Crippen LogP contribution >= 0.6 is 0 Å². The molecule has 1 aliphatic heterocycles. The van der Waals surface area contributed by atoms with Gasteiger partial charge in [0.2, 0.25) is 0 Å². The first-order valence-electron chi connectivity index (χ1n) is 5.21. The van der Waals surface area contributed by atoms with Crippen molar-refractivity contribution in [2.45, 2.75) is 34.3 Å². The fourth-order valence-corrected chi connectivity index (χ4v) is 1.40. The molecule has 3 heteroatoms. The van der Waals surface area contributed by atoms with E-state index < -0.39 is 0 Å². The fourth-order valence-electron chi connectivity index (χ4n) is 1.40. The van der Waals surface area contributed by atoms with Crippen LogP contribution in [0.5, 0.6) is 0 Å². The van der Waals surface area contributed by atoms with Gasteiger partial charge in [0.1, 0.15) is 6.61 Å². The molecular formula is C12H17NO2. The van der Waals surface area contributed by atoms with Gasteiger partial charge >= 0.3 is 6.09 Å². The molecule has 3 nitrogen and oxygen atoms in total. The summed E-state index contributed by atoms with van der Waals surface area (Å²) in [7, 11) is 0. The van der Waals surface area contributed by atoms with Gasteiger partial charge in [0.25, 0.3) is 0 Å². The van der Waals surface area contributed by atoms with Gasteiger partial charge in [-0.1, -0.05) is 19.9 Å². The topological polar surface area (TPSA) is 38.3 Å². The number of carbonyl (C=O) groups excluding carboxylic acids is 1. The molecule has 1 aromatic carbocycles. The summed E-state index contributed by atoms with van der Waals surface area (Å²) in [5, 5.41) is 2.67. The van der Waals surface area contributed by atoms with E-state index in [0.717, 1.165) is 11.3 Å². The fraction of sp³-hybridized carbons (Fsp3) is 0.417. The highest BCUT2D eigenvalue weighted by Crippen LogP contribution is 2.24. The van der Waals surface area contributed by atoms with Crippen molar-refractivity contribution < 1.29 is 9.53 Å². The van der Waals surface area contributed by atoms with E-state index in [0.29, 0.717) is 6.61 Å². The number of benzene rings is 1. The first-order valence-corrected chi connectivity index (χ1v) is 5.21. The van der Waals surface area contributed by atoms with Crippen LogP contribution in [0.25, 0.3) is 0 Å². The number of ether oxygens (including phenoxy) is 1. The Balaban J connectivity index is 0.000000531. The summed E-state index contributed by atoms with van der Waals surface area (Å²) in [6, 6.07) is 4.02. The van der Waals surface area contributed by atoms with Crippen molar-refractivity contribution >= 4 is 11.8 Å². The van der Waals surface area contributed by atoms with Gasteiger partial charge in [0.15, 0.2) is 0 Å². The van der Waals surface area contributed by atoms with Crippen molar-refractivity contribution in [1.82, 2.24) is 0 Å². The van der Waals surface area contributed by atoms with Crippen molar-refractivity contribution in [3.05, 3.63) is 28.8 Å². The molecule has 82 valence electrons. The molecule has 1 N–H and O–H groups in total. The molecule has 15 heavy (non-hydrogen) atoms. The monoisotopic (exact) mass is 207 g/mol. The molecule has 0 unspecified atom stereocenters. The number of hydrogen-bond acceptors (Lipinski definition) is 2. The molecular weight excluding hydrogens is 190 g/mol. The predicted molar refractivity (Wildman–Crippen MR) is 61.1 cm³/mol. The first kappa shape index (κ1) is 11.6. The Morgan fingerprint density at radius 2 is 1.80 bits per heavy atom. The molecule has 0 aliphatic carbocycles. The highest BCUT2D eigenvalue weighted by molar-refractivity contribution is 5.87. The molecule has 0 fully saturated rings. The normalized spacial score (nSPS) is 12.9. The maximum absolute atomic E-state index is 10.9. The lowest BCUT2D eigenvalue weighted by atomic mass is 10.0. The third-order valence-corrected chi connectivity index (χ3v) is 2.32. The number of hydrogen-bond donors (Lipinski definition) is 1. The summed E-state index contributed by atoms with van der Waals surface area (Å²) < 4.78 is 4.85. The second-order valence-electron chi connectivity index (χ2n) is 3.29.